The Morgan fingerprint density at radius 3 is 1.17 bits per heavy atom. The van der Waals surface area contributed by atoms with Gasteiger partial charge in [0.05, 0.1) is 16.2 Å². The molecule has 3 fully saturated rings. The number of hydrogen-bond acceptors (Lipinski definition) is 12. The molecule has 0 spiro atoms. The molecule has 4 N–H and O–H groups in total. The standard InChI is InChI=1S/C18H22F12O4.C15H22F6O3.C13H19F5O5/c1-4-12(2,3)11(31)34-10-6-8(13(32,15(19,20)21)16(22,23)24)5-9(7-10)14(33,17(25,26)27)18(28,29)30;1-4-12(2,3)11(22)24-10-8-6-5-7-9(10)13(23,14(16,17)18)15(19,20)21;1-5-9(2,3)8(19)21-6-10(4)11(20,12(14,15)16)13(17,18)23-7-22-10/h8-10,32-33H,4-7H2,1-3H3;9-10,23H,4-8H2,1-3H3;20H,5-7H2,1-4H3. The van der Waals surface area contributed by atoms with Gasteiger partial charge in [-0.2, -0.15) is 101 Å². The smallest absolute Gasteiger partial charge is 0.429 e. The van der Waals surface area contributed by atoms with Crippen LogP contribution in [0.25, 0.3) is 0 Å². The van der Waals surface area contributed by atoms with Crippen molar-refractivity contribution < 1.29 is 159 Å². The van der Waals surface area contributed by atoms with E-state index >= 15 is 0 Å². The molecule has 3 rings (SSSR count). The molecule has 6 unspecified atom stereocenters. The first-order chi connectivity index (χ1) is 35.6. The lowest BCUT2D eigenvalue weighted by atomic mass is 9.65. The maximum absolute atomic E-state index is 13.7. The minimum atomic E-state index is -6.58. The molecule has 1 heterocycles. The summed E-state index contributed by atoms with van der Waals surface area (Å²) in [6.07, 6.45) is -57.9. The summed E-state index contributed by atoms with van der Waals surface area (Å²) in [7, 11) is 0. The van der Waals surface area contributed by atoms with Crippen molar-refractivity contribution in [2.24, 2.45) is 34.0 Å². The molecule has 0 radical (unpaired) electrons. The van der Waals surface area contributed by atoms with Crippen molar-refractivity contribution in [2.75, 3.05) is 13.4 Å². The van der Waals surface area contributed by atoms with Crippen molar-refractivity contribution in [1.82, 2.24) is 0 Å². The lowest BCUT2D eigenvalue weighted by Gasteiger charge is -2.50. The van der Waals surface area contributed by atoms with Crippen LogP contribution in [0.15, 0.2) is 0 Å². The third-order valence-electron chi connectivity index (χ3n) is 15.2. The Hall–Kier alpha value is -3.44. The van der Waals surface area contributed by atoms with Crippen LogP contribution < -0.4 is 0 Å². The Bertz CT molecular complexity index is 2020. The van der Waals surface area contributed by atoms with E-state index in [0.717, 1.165) is 0 Å². The third-order valence-corrected chi connectivity index (χ3v) is 15.2. The highest BCUT2D eigenvalue weighted by Crippen LogP contribution is 2.59. The first kappa shape index (κ1) is 75.6. The maximum atomic E-state index is 13.7. The molecular formula is C46H63F23O12. The predicted molar refractivity (Wildman–Crippen MR) is 228 cm³/mol. The lowest BCUT2D eigenvalue weighted by Crippen LogP contribution is -2.76. The molecule has 3 aliphatic rings. The van der Waals surface area contributed by atoms with Crippen molar-refractivity contribution in [3.8, 4) is 0 Å². The number of ether oxygens (including phenoxy) is 5. The van der Waals surface area contributed by atoms with Gasteiger partial charge in [-0.3, -0.25) is 19.1 Å². The molecule has 1 aliphatic heterocycles. The van der Waals surface area contributed by atoms with Crippen LogP contribution in [0.3, 0.4) is 0 Å². The van der Waals surface area contributed by atoms with Crippen LogP contribution >= 0.6 is 0 Å². The molecule has 1 saturated heterocycles. The largest absolute Gasteiger partial charge is 0.462 e. The summed E-state index contributed by atoms with van der Waals surface area (Å²) in [4.78, 5) is 36.1. The van der Waals surface area contributed by atoms with E-state index in [4.69, 9.17) is 14.2 Å². The van der Waals surface area contributed by atoms with Gasteiger partial charge < -0.3 is 39.4 Å². The van der Waals surface area contributed by atoms with Crippen molar-refractivity contribution in [3.05, 3.63) is 0 Å². The second-order valence-electron chi connectivity index (χ2n) is 21.9. The maximum Gasteiger partial charge on any atom is 0.429 e. The Morgan fingerprint density at radius 2 is 0.840 bits per heavy atom. The summed E-state index contributed by atoms with van der Waals surface area (Å²) in [5.74, 6) is -12.1. The van der Waals surface area contributed by atoms with Gasteiger partial charge in [0, 0.05) is 17.8 Å². The molecule has 0 aromatic heterocycles. The molecule has 81 heavy (non-hydrogen) atoms. The third kappa shape index (κ3) is 15.2. The minimum Gasteiger partial charge on any atom is -0.462 e. The SMILES string of the molecule is CCC(C)(C)C(=O)OC1CC(C(O)(C(F)(F)F)C(F)(F)F)CC(C(O)(C(F)(F)F)C(F)(F)F)C1.CCC(C)(C)C(=O)OC1CCCCC1C(O)(C(F)(F)F)C(F)(F)F.CCC(C)(C)C(=O)OCC1(C)OCOC(F)(F)C1(O)C(F)(F)F. The van der Waals surface area contributed by atoms with E-state index in [1.54, 1.807) is 13.8 Å². The molecule has 12 nitrogen and oxygen atoms in total. The first-order valence-electron chi connectivity index (χ1n) is 24.2. The number of rotatable bonds is 13. The van der Waals surface area contributed by atoms with E-state index in [0.29, 0.717) is 26.2 Å². The molecule has 2 aliphatic carbocycles. The van der Waals surface area contributed by atoms with Crippen molar-refractivity contribution in [1.29, 1.82) is 0 Å². The van der Waals surface area contributed by atoms with E-state index < -0.39 is 181 Å². The average molecular weight is 1240 g/mol. The number of esters is 3. The Morgan fingerprint density at radius 1 is 0.506 bits per heavy atom. The highest BCUT2D eigenvalue weighted by molar-refractivity contribution is 5.77. The fourth-order valence-electron chi connectivity index (χ4n) is 8.39. The first-order valence-corrected chi connectivity index (χ1v) is 24.2. The zero-order valence-corrected chi connectivity index (χ0v) is 44.6. The zero-order chi connectivity index (χ0) is 64.6. The lowest BCUT2D eigenvalue weighted by molar-refractivity contribution is -0.493. The molecule has 0 aromatic rings. The highest BCUT2D eigenvalue weighted by Gasteiger charge is 2.82. The summed E-state index contributed by atoms with van der Waals surface area (Å²) in [6.45, 7) is 11.2. The quantitative estimate of drug-likeness (QED) is 0.0780. The highest BCUT2D eigenvalue weighted by atomic mass is 19.4. The molecule has 480 valence electrons. The van der Waals surface area contributed by atoms with Gasteiger partial charge in [0.2, 0.25) is 0 Å². The Balaban J connectivity index is 0.000000624. The molecular weight excluding hydrogens is 1180 g/mol. The van der Waals surface area contributed by atoms with Crippen LogP contribution in [0.2, 0.25) is 0 Å². The number of hydrogen-bond donors (Lipinski definition) is 4. The number of carbonyl (C=O) groups is 3. The summed E-state index contributed by atoms with van der Waals surface area (Å²) < 4.78 is 328. The van der Waals surface area contributed by atoms with Gasteiger partial charge in [-0.25, -0.2) is 0 Å². The zero-order valence-electron chi connectivity index (χ0n) is 44.6. The normalized spacial score (nSPS) is 26.3. The number of carbonyl (C=O) groups excluding carboxylic acids is 3. The predicted octanol–water partition coefficient (Wildman–Crippen LogP) is 12.5. The molecule has 0 amide bonds. The molecule has 0 aromatic carbocycles. The van der Waals surface area contributed by atoms with Crippen LogP contribution in [0.5, 0.6) is 0 Å². The van der Waals surface area contributed by atoms with Gasteiger partial charge >= 0.3 is 67.3 Å². The summed E-state index contributed by atoms with van der Waals surface area (Å²) in [5.41, 5.74) is -27.5. The van der Waals surface area contributed by atoms with Gasteiger partial charge in [-0.05, 0) is 106 Å². The van der Waals surface area contributed by atoms with Crippen LogP contribution in [0, 0.1) is 34.0 Å². The summed E-state index contributed by atoms with van der Waals surface area (Å²) in [6, 6.07) is 0. The number of halogens is 23. The second kappa shape index (κ2) is 24.5. The van der Waals surface area contributed by atoms with Gasteiger partial charge in [0.15, 0.2) is 6.79 Å². The van der Waals surface area contributed by atoms with Crippen LogP contribution in [0.4, 0.5) is 101 Å². The summed E-state index contributed by atoms with van der Waals surface area (Å²) in [5, 5.41) is 38.6. The molecule has 2 saturated carbocycles. The van der Waals surface area contributed by atoms with Gasteiger partial charge in [0.25, 0.3) is 22.4 Å². The molecule has 35 heteroatoms. The second-order valence-corrected chi connectivity index (χ2v) is 21.9. The van der Waals surface area contributed by atoms with Crippen LogP contribution in [-0.2, 0) is 38.1 Å². The van der Waals surface area contributed by atoms with E-state index in [1.165, 1.54) is 48.5 Å². The summed E-state index contributed by atoms with van der Waals surface area (Å²) >= 11 is 0. The molecule has 6 atom stereocenters. The van der Waals surface area contributed by atoms with Crippen molar-refractivity contribution >= 4 is 17.9 Å². The van der Waals surface area contributed by atoms with E-state index in [9.17, 15) is 136 Å². The van der Waals surface area contributed by atoms with Crippen LogP contribution in [-0.4, -0.2) is 141 Å². The average Bonchev–Trinajstić information content (AvgIpc) is 3.29. The fraction of sp³-hybridized carbons (Fsp3) is 0.935. The van der Waals surface area contributed by atoms with Gasteiger partial charge in [-0.15, -0.1) is 0 Å². The van der Waals surface area contributed by atoms with Crippen molar-refractivity contribution in [2.45, 2.75) is 223 Å². The Kier molecular flexibility index (Phi) is 22.9. The van der Waals surface area contributed by atoms with E-state index in [-0.39, 0.29) is 19.3 Å². The van der Waals surface area contributed by atoms with Crippen molar-refractivity contribution in [3.63, 3.8) is 0 Å². The monoisotopic (exact) mass is 1240 g/mol. The van der Waals surface area contributed by atoms with Crippen LogP contribution in [0.1, 0.15) is 133 Å². The number of aliphatic hydroxyl groups is 4. The van der Waals surface area contributed by atoms with E-state index in [1.807, 2.05) is 0 Å². The minimum absolute atomic E-state index is 0.0184. The molecule has 0 bridgehead atoms. The fourth-order valence-corrected chi connectivity index (χ4v) is 8.39. The van der Waals surface area contributed by atoms with E-state index in [2.05, 4.69) is 9.47 Å². The van der Waals surface area contributed by atoms with Gasteiger partial charge in [-0.1, -0.05) is 27.2 Å². The van der Waals surface area contributed by atoms with Gasteiger partial charge in [0.1, 0.15) is 24.4 Å². The number of alkyl halides is 23. The Labute approximate surface area is 447 Å². The topological polar surface area (TPSA) is 178 Å².